The molecule has 0 atom stereocenters. The van der Waals surface area contributed by atoms with Gasteiger partial charge in [0.25, 0.3) is 0 Å². The molecule has 92 valence electrons. The number of carboxylic acid groups (broad SMARTS) is 1. The van der Waals surface area contributed by atoms with E-state index in [0.29, 0.717) is 0 Å². The highest BCUT2D eigenvalue weighted by atomic mass is 32.2. The number of aromatic carboxylic acids is 1. The molecule has 2 aromatic rings. The van der Waals surface area contributed by atoms with E-state index >= 15 is 0 Å². The number of aromatic nitrogens is 1. The van der Waals surface area contributed by atoms with Crippen LogP contribution in [0.3, 0.4) is 0 Å². The van der Waals surface area contributed by atoms with Crippen LogP contribution in [0, 0.1) is 13.8 Å². The van der Waals surface area contributed by atoms with E-state index in [-0.39, 0.29) is 5.69 Å². The lowest BCUT2D eigenvalue weighted by Crippen LogP contribution is -1.98. The first-order valence-corrected chi connectivity index (χ1v) is 6.32. The van der Waals surface area contributed by atoms with E-state index in [9.17, 15) is 4.79 Å². The Bertz CT molecular complexity index is 579. The molecule has 0 unspecified atom stereocenters. The van der Waals surface area contributed by atoms with Gasteiger partial charge in [0.05, 0.1) is 0 Å². The van der Waals surface area contributed by atoms with E-state index in [1.54, 1.807) is 24.0 Å². The molecule has 3 nitrogen and oxygen atoms in total. The minimum absolute atomic E-state index is 0.0697. The predicted molar refractivity (Wildman–Crippen MR) is 71.2 cm³/mol. The first-order chi connectivity index (χ1) is 8.56. The first kappa shape index (κ1) is 12.6. The van der Waals surface area contributed by atoms with Gasteiger partial charge >= 0.3 is 5.97 Å². The Morgan fingerprint density at radius 3 is 2.61 bits per heavy atom. The summed E-state index contributed by atoms with van der Waals surface area (Å²) < 4.78 is 0. The molecule has 1 aromatic carbocycles. The molecule has 18 heavy (non-hydrogen) atoms. The second-order valence-corrected chi connectivity index (χ2v) is 5.17. The van der Waals surface area contributed by atoms with Crippen LogP contribution in [0.1, 0.15) is 21.6 Å². The molecule has 0 saturated heterocycles. The normalized spacial score (nSPS) is 10.3. The number of hydrogen-bond acceptors (Lipinski definition) is 3. The number of carbonyl (C=O) groups is 1. The Morgan fingerprint density at radius 1 is 1.22 bits per heavy atom. The summed E-state index contributed by atoms with van der Waals surface area (Å²) in [5.41, 5.74) is 2.48. The standard InChI is InChI=1S/C14H13NO2S/c1-9-3-4-10(2)13(7-9)18-11-5-6-12(14(16)17)15-8-11/h3-8H,1-2H3,(H,16,17). The summed E-state index contributed by atoms with van der Waals surface area (Å²) in [6.07, 6.45) is 1.59. The summed E-state index contributed by atoms with van der Waals surface area (Å²) in [6.45, 7) is 4.11. The lowest BCUT2D eigenvalue weighted by molar-refractivity contribution is 0.0690. The van der Waals surface area contributed by atoms with Gasteiger partial charge in [-0.25, -0.2) is 9.78 Å². The molecular formula is C14H13NO2S. The van der Waals surface area contributed by atoms with Crippen LogP contribution in [0.25, 0.3) is 0 Å². The zero-order valence-corrected chi connectivity index (χ0v) is 11.0. The minimum Gasteiger partial charge on any atom is -0.477 e. The van der Waals surface area contributed by atoms with Gasteiger partial charge in [0, 0.05) is 16.0 Å². The second kappa shape index (κ2) is 5.23. The Morgan fingerprint density at radius 2 is 2.00 bits per heavy atom. The molecule has 0 bridgehead atoms. The Kier molecular flexibility index (Phi) is 3.67. The Hall–Kier alpha value is -1.81. The van der Waals surface area contributed by atoms with Gasteiger partial charge in [-0.2, -0.15) is 0 Å². The van der Waals surface area contributed by atoms with Crippen molar-refractivity contribution < 1.29 is 9.90 Å². The molecule has 0 radical (unpaired) electrons. The van der Waals surface area contributed by atoms with Gasteiger partial charge in [0.2, 0.25) is 0 Å². The van der Waals surface area contributed by atoms with Gasteiger partial charge in [-0.15, -0.1) is 0 Å². The maximum Gasteiger partial charge on any atom is 0.354 e. The lowest BCUT2D eigenvalue weighted by atomic mass is 10.2. The molecule has 0 amide bonds. The molecule has 1 aromatic heterocycles. The third-order valence-corrected chi connectivity index (χ3v) is 3.66. The SMILES string of the molecule is Cc1ccc(C)c(Sc2ccc(C(=O)O)nc2)c1. The lowest BCUT2D eigenvalue weighted by Gasteiger charge is -2.06. The van der Waals surface area contributed by atoms with Crippen LogP contribution in [0.2, 0.25) is 0 Å². The fourth-order valence-electron chi connectivity index (χ4n) is 1.51. The number of aryl methyl sites for hydroxylation is 2. The molecule has 0 aliphatic heterocycles. The summed E-state index contributed by atoms with van der Waals surface area (Å²) in [7, 11) is 0. The highest BCUT2D eigenvalue weighted by Crippen LogP contribution is 2.30. The predicted octanol–water partition coefficient (Wildman–Crippen LogP) is 3.55. The van der Waals surface area contributed by atoms with Crippen LogP contribution in [0.15, 0.2) is 46.3 Å². The molecule has 1 N–H and O–H groups in total. The quantitative estimate of drug-likeness (QED) is 0.915. The number of hydrogen-bond donors (Lipinski definition) is 1. The molecule has 0 saturated carbocycles. The van der Waals surface area contributed by atoms with Crippen LogP contribution >= 0.6 is 11.8 Å². The van der Waals surface area contributed by atoms with Crippen molar-refractivity contribution in [2.24, 2.45) is 0 Å². The topological polar surface area (TPSA) is 50.2 Å². The number of pyridine rings is 1. The van der Waals surface area contributed by atoms with Crippen LogP contribution in [0.5, 0.6) is 0 Å². The van der Waals surface area contributed by atoms with Crippen molar-refractivity contribution in [1.29, 1.82) is 0 Å². The van der Waals surface area contributed by atoms with Crippen LogP contribution in [0.4, 0.5) is 0 Å². The molecule has 1 heterocycles. The van der Waals surface area contributed by atoms with Crippen molar-refractivity contribution in [3.63, 3.8) is 0 Å². The third-order valence-electron chi connectivity index (χ3n) is 2.53. The highest BCUT2D eigenvalue weighted by Gasteiger charge is 2.06. The van der Waals surface area contributed by atoms with Crippen LogP contribution in [-0.4, -0.2) is 16.1 Å². The van der Waals surface area contributed by atoms with E-state index < -0.39 is 5.97 Å². The number of nitrogens with zero attached hydrogens (tertiary/aromatic N) is 1. The molecular weight excluding hydrogens is 246 g/mol. The van der Waals surface area contributed by atoms with Crippen LogP contribution < -0.4 is 0 Å². The molecule has 0 aliphatic carbocycles. The fraction of sp³-hybridized carbons (Fsp3) is 0.143. The zero-order valence-electron chi connectivity index (χ0n) is 10.2. The van der Waals surface area contributed by atoms with Crippen LogP contribution in [-0.2, 0) is 0 Å². The van der Waals surface area contributed by atoms with Crippen molar-refractivity contribution in [2.45, 2.75) is 23.6 Å². The minimum atomic E-state index is -1.00. The van der Waals surface area contributed by atoms with Crippen molar-refractivity contribution in [1.82, 2.24) is 4.98 Å². The molecule has 0 spiro atoms. The highest BCUT2D eigenvalue weighted by molar-refractivity contribution is 7.99. The van der Waals surface area contributed by atoms with Crippen molar-refractivity contribution in [3.8, 4) is 0 Å². The van der Waals surface area contributed by atoms with E-state index in [4.69, 9.17) is 5.11 Å². The van der Waals surface area contributed by atoms with Crippen molar-refractivity contribution in [3.05, 3.63) is 53.3 Å². The molecule has 0 aliphatic rings. The van der Waals surface area contributed by atoms with Crippen molar-refractivity contribution in [2.75, 3.05) is 0 Å². The smallest absolute Gasteiger partial charge is 0.354 e. The average Bonchev–Trinajstić information content (AvgIpc) is 2.34. The maximum absolute atomic E-state index is 10.7. The number of carboxylic acids is 1. The molecule has 2 rings (SSSR count). The van der Waals surface area contributed by atoms with Gasteiger partial charge < -0.3 is 5.11 Å². The number of benzene rings is 1. The van der Waals surface area contributed by atoms with Gasteiger partial charge in [0.1, 0.15) is 5.69 Å². The summed E-state index contributed by atoms with van der Waals surface area (Å²) in [6, 6.07) is 9.58. The zero-order chi connectivity index (χ0) is 13.1. The van der Waals surface area contributed by atoms with E-state index in [2.05, 4.69) is 37.0 Å². The average molecular weight is 259 g/mol. The summed E-state index contributed by atoms with van der Waals surface area (Å²) in [5.74, 6) is -1.00. The summed E-state index contributed by atoms with van der Waals surface area (Å²) in [5, 5.41) is 8.78. The summed E-state index contributed by atoms with van der Waals surface area (Å²) in [4.78, 5) is 16.7. The summed E-state index contributed by atoms with van der Waals surface area (Å²) >= 11 is 1.59. The molecule has 4 heteroatoms. The Balaban J connectivity index is 2.23. The number of rotatable bonds is 3. The van der Waals surface area contributed by atoms with E-state index in [1.165, 1.54) is 22.1 Å². The van der Waals surface area contributed by atoms with Crippen molar-refractivity contribution >= 4 is 17.7 Å². The first-order valence-electron chi connectivity index (χ1n) is 5.51. The van der Waals surface area contributed by atoms with E-state index in [0.717, 1.165) is 4.90 Å². The van der Waals surface area contributed by atoms with Gasteiger partial charge in [-0.1, -0.05) is 23.9 Å². The Labute approximate surface area is 110 Å². The van der Waals surface area contributed by atoms with Gasteiger partial charge in [-0.3, -0.25) is 0 Å². The van der Waals surface area contributed by atoms with Gasteiger partial charge in [-0.05, 0) is 43.2 Å². The fourth-order valence-corrected chi connectivity index (χ4v) is 2.48. The maximum atomic E-state index is 10.7. The third kappa shape index (κ3) is 2.90. The van der Waals surface area contributed by atoms with E-state index in [1.807, 2.05) is 0 Å². The largest absolute Gasteiger partial charge is 0.477 e. The molecule has 0 fully saturated rings. The second-order valence-electron chi connectivity index (χ2n) is 4.06. The van der Waals surface area contributed by atoms with Gasteiger partial charge in [0.15, 0.2) is 0 Å². The monoisotopic (exact) mass is 259 g/mol.